The lowest BCUT2D eigenvalue weighted by Crippen LogP contribution is -2.03. The minimum Gasteiger partial charge on any atom is -0.493 e. The molecule has 0 unspecified atom stereocenters. The van der Waals surface area contributed by atoms with Gasteiger partial charge in [0.2, 0.25) is 0 Å². The van der Waals surface area contributed by atoms with Gasteiger partial charge in [0.15, 0.2) is 0 Å². The predicted molar refractivity (Wildman–Crippen MR) is 89.9 cm³/mol. The Morgan fingerprint density at radius 2 is 1.62 bits per heavy atom. The number of hydrogen-bond donors (Lipinski definition) is 0. The highest BCUT2D eigenvalue weighted by Crippen LogP contribution is 2.19. The number of hydrogen-bond acceptors (Lipinski definition) is 3. The molecule has 0 aliphatic heterocycles. The molecule has 0 bridgehead atoms. The van der Waals surface area contributed by atoms with Crippen LogP contribution in [-0.2, 0) is 17.0 Å². The minimum atomic E-state index is 0.714. The lowest BCUT2D eigenvalue weighted by molar-refractivity contribution is 0.304. The van der Waals surface area contributed by atoms with E-state index in [1.54, 1.807) is 0 Å². The zero-order chi connectivity index (χ0) is 14.8. The van der Waals surface area contributed by atoms with E-state index in [1.165, 1.54) is 23.2 Å². The highest BCUT2D eigenvalue weighted by atomic mass is 32.2. The summed E-state index contributed by atoms with van der Waals surface area (Å²) in [5, 5.41) is 0. The van der Waals surface area contributed by atoms with E-state index in [0.717, 1.165) is 31.6 Å². The number of para-hydroxylation sites is 1. The fourth-order valence-corrected chi connectivity index (χ4v) is 2.44. The maximum absolute atomic E-state index is 5.93. The molecule has 0 atom stereocenters. The standard InChI is InChI=1S/C18H22O2S/c1-21-20-15-13-17-11-5-6-12-18(17)19-14-7-10-16-8-3-2-4-9-16/h2-6,8-9,11-12H,7,10,13-15H2,1H3. The van der Waals surface area contributed by atoms with E-state index in [4.69, 9.17) is 8.92 Å². The molecule has 0 spiro atoms. The first-order chi connectivity index (χ1) is 10.4. The van der Waals surface area contributed by atoms with Crippen molar-refractivity contribution >= 4 is 12.0 Å². The third-order valence-corrected chi connectivity index (χ3v) is 3.66. The smallest absolute Gasteiger partial charge is 0.122 e. The molecule has 2 rings (SSSR count). The van der Waals surface area contributed by atoms with Crippen LogP contribution in [0.3, 0.4) is 0 Å². The van der Waals surface area contributed by atoms with E-state index in [2.05, 4.69) is 30.3 Å². The molecule has 0 heterocycles. The molecule has 0 aliphatic rings. The fourth-order valence-electron chi connectivity index (χ4n) is 2.19. The summed E-state index contributed by atoms with van der Waals surface area (Å²) >= 11 is 1.41. The summed E-state index contributed by atoms with van der Waals surface area (Å²) in [6, 6.07) is 18.7. The molecule has 0 aliphatic carbocycles. The first-order valence-electron chi connectivity index (χ1n) is 7.30. The summed E-state index contributed by atoms with van der Waals surface area (Å²) < 4.78 is 11.3. The largest absolute Gasteiger partial charge is 0.493 e. The van der Waals surface area contributed by atoms with Gasteiger partial charge < -0.3 is 8.92 Å². The lowest BCUT2D eigenvalue weighted by atomic mass is 10.1. The summed E-state index contributed by atoms with van der Waals surface area (Å²) in [6.07, 6.45) is 4.90. The highest BCUT2D eigenvalue weighted by molar-refractivity contribution is 7.93. The molecular formula is C18H22O2S. The summed E-state index contributed by atoms with van der Waals surface area (Å²) in [5.41, 5.74) is 2.58. The quantitative estimate of drug-likeness (QED) is 0.500. The van der Waals surface area contributed by atoms with Crippen LogP contribution < -0.4 is 4.74 Å². The maximum Gasteiger partial charge on any atom is 0.122 e. The first kappa shape index (κ1) is 15.9. The van der Waals surface area contributed by atoms with Crippen molar-refractivity contribution in [2.24, 2.45) is 0 Å². The molecule has 0 radical (unpaired) electrons. The predicted octanol–water partition coefficient (Wildman–Crippen LogP) is 4.54. The van der Waals surface area contributed by atoms with Crippen molar-refractivity contribution in [3.63, 3.8) is 0 Å². The van der Waals surface area contributed by atoms with Crippen molar-refractivity contribution < 1.29 is 8.92 Å². The van der Waals surface area contributed by atoms with Crippen LogP contribution in [0, 0.1) is 0 Å². The van der Waals surface area contributed by atoms with Crippen molar-refractivity contribution in [3.8, 4) is 5.75 Å². The maximum atomic E-state index is 5.93. The molecule has 21 heavy (non-hydrogen) atoms. The van der Waals surface area contributed by atoms with Crippen molar-refractivity contribution in [2.75, 3.05) is 19.5 Å². The summed E-state index contributed by atoms with van der Waals surface area (Å²) in [4.78, 5) is 0. The average molecular weight is 302 g/mol. The second kappa shape index (κ2) is 9.48. The van der Waals surface area contributed by atoms with Gasteiger partial charge in [0.05, 0.1) is 13.2 Å². The fraction of sp³-hybridized carbons (Fsp3) is 0.333. The molecule has 0 fully saturated rings. The summed E-state index contributed by atoms with van der Waals surface area (Å²) in [6.45, 7) is 1.46. The van der Waals surface area contributed by atoms with Gasteiger partial charge in [0.25, 0.3) is 0 Å². The van der Waals surface area contributed by atoms with Crippen LogP contribution in [0.4, 0.5) is 0 Å². The van der Waals surface area contributed by atoms with E-state index in [0.29, 0.717) is 6.61 Å². The van der Waals surface area contributed by atoms with Gasteiger partial charge >= 0.3 is 0 Å². The molecular weight excluding hydrogens is 280 g/mol. The van der Waals surface area contributed by atoms with Gasteiger partial charge in [-0.25, -0.2) is 0 Å². The zero-order valence-corrected chi connectivity index (χ0v) is 13.3. The van der Waals surface area contributed by atoms with E-state index >= 15 is 0 Å². The lowest BCUT2D eigenvalue weighted by Gasteiger charge is -2.11. The number of benzene rings is 2. The third kappa shape index (κ3) is 5.82. The topological polar surface area (TPSA) is 18.5 Å². The van der Waals surface area contributed by atoms with Crippen LogP contribution in [0.1, 0.15) is 17.5 Å². The Morgan fingerprint density at radius 1 is 0.857 bits per heavy atom. The van der Waals surface area contributed by atoms with Gasteiger partial charge in [-0.15, -0.1) is 0 Å². The van der Waals surface area contributed by atoms with Gasteiger partial charge in [-0.2, -0.15) is 0 Å². The first-order valence-corrected chi connectivity index (χ1v) is 8.45. The molecule has 2 aromatic rings. The molecule has 0 saturated heterocycles. The Bertz CT molecular complexity index is 514. The normalized spacial score (nSPS) is 10.5. The van der Waals surface area contributed by atoms with E-state index < -0.39 is 0 Å². The Labute approximate surface area is 131 Å². The number of ether oxygens (including phenoxy) is 1. The summed E-state index contributed by atoms with van der Waals surface area (Å²) in [5.74, 6) is 0.982. The van der Waals surface area contributed by atoms with Crippen molar-refractivity contribution in [1.82, 2.24) is 0 Å². The molecule has 3 heteroatoms. The molecule has 0 amide bonds. The zero-order valence-electron chi connectivity index (χ0n) is 12.5. The van der Waals surface area contributed by atoms with E-state index in [-0.39, 0.29) is 0 Å². The molecule has 112 valence electrons. The van der Waals surface area contributed by atoms with Gasteiger partial charge in [0, 0.05) is 12.7 Å². The molecule has 0 saturated carbocycles. The van der Waals surface area contributed by atoms with Crippen molar-refractivity contribution in [2.45, 2.75) is 19.3 Å². The van der Waals surface area contributed by atoms with Crippen LogP contribution in [0.25, 0.3) is 0 Å². The Morgan fingerprint density at radius 3 is 2.43 bits per heavy atom. The Kier molecular flexibility index (Phi) is 7.19. The monoisotopic (exact) mass is 302 g/mol. The average Bonchev–Trinajstić information content (AvgIpc) is 2.54. The van der Waals surface area contributed by atoms with Crippen LogP contribution in [0.2, 0.25) is 0 Å². The van der Waals surface area contributed by atoms with Gasteiger partial charge in [-0.1, -0.05) is 48.5 Å². The third-order valence-electron chi connectivity index (χ3n) is 3.26. The second-order valence-electron chi connectivity index (χ2n) is 4.78. The van der Waals surface area contributed by atoms with Gasteiger partial charge in [0.1, 0.15) is 5.75 Å². The molecule has 0 N–H and O–H groups in total. The Hall–Kier alpha value is -1.45. The van der Waals surface area contributed by atoms with E-state index in [9.17, 15) is 0 Å². The number of rotatable bonds is 9. The van der Waals surface area contributed by atoms with Gasteiger partial charge in [-0.05, 0) is 42.1 Å². The van der Waals surface area contributed by atoms with Crippen LogP contribution >= 0.6 is 12.0 Å². The second-order valence-corrected chi connectivity index (χ2v) is 5.35. The summed E-state index contributed by atoms with van der Waals surface area (Å²) in [7, 11) is 0. The number of aryl methyl sites for hydroxylation is 1. The van der Waals surface area contributed by atoms with Crippen LogP contribution in [0.15, 0.2) is 54.6 Å². The molecule has 2 nitrogen and oxygen atoms in total. The van der Waals surface area contributed by atoms with Crippen LogP contribution in [-0.4, -0.2) is 19.5 Å². The Balaban J connectivity index is 1.77. The van der Waals surface area contributed by atoms with Crippen molar-refractivity contribution in [1.29, 1.82) is 0 Å². The van der Waals surface area contributed by atoms with Gasteiger partial charge in [-0.3, -0.25) is 0 Å². The highest BCUT2D eigenvalue weighted by Gasteiger charge is 2.03. The van der Waals surface area contributed by atoms with Crippen LogP contribution in [0.5, 0.6) is 5.75 Å². The minimum absolute atomic E-state index is 0.714. The molecule has 0 aromatic heterocycles. The van der Waals surface area contributed by atoms with E-state index in [1.807, 2.05) is 30.5 Å². The SMILES string of the molecule is CSOCCc1ccccc1OCCCc1ccccc1. The molecule has 2 aromatic carbocycles. The van der Waals surface area contributed by atoms with Crippen molar-refractivity contribution in [3.05, 3.63) is 65.7 Å².